The Balaban J connectivity index is 2.54. The number of aliphatic hydroxyl groups excluding tert-OH is 1. The highest BCUT2D eigenvalue weighted by molar-refractivity contribution is 5.50. The second kappa shape index (κ2) is 4.55. The van der Waals surface area contributed by atoms with Crippen molar-refractivity contribution in [1.82, 2.24) is 4.90 Å². The zero-order chi connectivity index (χ0) is 12.6. The highest BCUT2D eigenvalue weighted by Gasteiger charge is 2.28. The van der Waals surface area contributed by atoms with E-state index in [1.807, 2.05) is 19.2 Å². The Morgan fingerprint density at radius 1 is 1.18 bits per heavy atom. The Bertz CT molecular complexity index is 419. The maximum atomic E-state index is 10.1. The van der Waals surface area contributed by atoms with Gasteiger partial charge in [-0.05, 0) is 37.2 Å². The lowest BCUT2D eigenvalue weighted by molar-refractivity contribution is 0.0885. The number of methoxy groups -OCH3 is 2. The molecule has 94 valence electrons. The van der Waals surface area contributed by atoms with Crippen molar-refractivity contribution in [3.8, 4) is 11.5 Å². The van der Waals surface area contributed by atoms with E-state index in [9.17, 15) is 5.11 Å². The third kappa shape index (κ3) is 1.98. The molecule has 1 N–H and O–H groups in total. The molecule has 2 atom stereocenters. The highest BCUT2D eigenvalue weighted by atomic mass is 16.5. The number of hydrogen-bond donors (Lipinski definition) is 1. The largest absolute Gasteiger partial charge is 0.493 e. The lowest BCUT2D eigenvalue weighted by atomic mass is 9.91. The van der Waals surface area contributed by atoms with Crippen molar-refractivity contribution in [2.75, 3.05) is 27.8 Å². The van der Waals surface area contributed by atoms with E-state index in [-0.39, 0.29) is 6.04 Å². The number of aliphatic hydroxyl groups is 1. The van der Waals surface area contributed by atoms with Gasteiger partial charge < -0.3 is 14.6 Å². The van der Waals surface area contributed by atoms with E-state index < -0.39 is 6.10 Å². The van der Waals surface area contributed by atoms with Crippen molar-refractivity contribution < 1.29 is 14.6 Å². The van der Waals surface area contributed by atoms with Crippen LogP contribution in [0.5, 0.6) is 11.5 Å². The number of rotatable bonds is 2. The minimum absolute atomic E-state index is 0.271. The number of fused-ring (bicyclic) bond motifs is 1. The Labute approximate surface area is 102 Å². The van der Waals surface area contributed by atoms with Crippen LogP contribution >= 0.6 is 0 Å². The molecule has 17 heavy (non-hydrogen) atoms. The Hall–Kier alpha value is -1.26. The number of ether oxygens (including phenoxy) is 2. The first-order valence-electron chi connectivity index (χ1n) is 5.72. The Morgan fingerprint density at radius 3 is 2.24 bits per heavy atom. The number of likely N-dealkylation sites (N-methyl/N-ethyl adjacent to an activating group) is 1. The van der Waals surface area contributed by atoms with Gasteiger partial charge in [0, 0.05) is 12.6 Å². The molecule has 0 amide bonds. The standard InChI is InChI=1S/C13H19NO3/c1-8-9-5-12(16-3)13(17-4)6-10(9)11(15)7-14(8)2/h5-6,8,11,15H,7H2,1-4H3/t8-,11+/m1/s1. The average molecular weight is 237 g/mol. The summed E-state index contributed by atoms with van der Waals surface area (Å²) in [5.41, 5.74) is 2.04. The minimum Gasteiger partial charge on any atom is -0.493 e. The van der Waals surface area contributed by atoms with E-state index in [0.29, 0.717) is 18.0 Å². The second-order valence-electron chi connectivity index (χ2n) is 4.47. The van der Waals surface area contributed by atoms with E-state index in [4.69, 9.17) is 9.47 Å². The van der Waals surface area contributed by atoms with Gasteiger partial charge in [0.1, 0.15) is 0 Å². The summed E-state index contributed by atoms with van der Waals surface area (Å²) >= 11 is 0. The molecule has 0 aliphatic carbocycles. The molecule has 0 bridgehead atoms. The first-order chi connectivity index (χ1) is 8.08. The van der Waals surface area contributed by atoms with Gasteiger partial charge >= 0.3 is 0 Å². The average Bonchev–Trinajstić information content (AvgIpc) is 2.34. The van der Waals surface area contributed by atoms with Crippen molar-refractivity contribution in [3.05, 3.63) is 23.3 Å². The fraction of sp³-hybridized carbons (Fsp3) is 0.538. The van der Waals surface area contributed by atoms with Crippen LogP contribution in [0.2, 0.25) is 0 Å². The van der Waals surface area contributed by atoms with Crippen molar-refractivity contribution in [2.24, 2.45) is 0 Å². The van der Waals surface area contributed by atoms with Gasteiger partial charge in [0.25, 0.3) is 0 Å². The van der Waals surface area contributed by atoms with Crippen LogP contribution in [0, 0.1) is 0 Å². The van der Waals surface area contributed by atoms with E-state index in [1.54, 1.807) is 14.2 Å². The number of β-amino-alcohol motifs (C(OH)–C–C–N with tert-alkyl or cyclic N) is 1. The Kier molecular flexibility index (Phi) is 3.26. The van der Waals surface area contributed by atoms with Gasteiger partial charge in [0.2, 0.25) is 0 Å². The summed E-state index contributed by atoms with van der Waals surface area (Å²) in [6, 6.07) is 4.10. The van der Waals surface area contributed by atoms with E-state index in [2.05, 4.69) is 11.8 Å². The van der Waals surface area contributed by atoms with E-state index in [1.165, 1.54) is 0 Å². The summed E-state index contributed by atoms with van der Waals surface area (Å²) in [6.45, 7) is 2.76. The molecule has 4 heteroatoms. The summed E-state index contributed by atoms with van der Waals surface area (Å²) in [5, 5.41) is 10.1. The molecule has 1 aromatic rings. The van der Waals surface area contributed by atoms with Gasteiger partial charge in [-0.3, -0.25) is 4.90 Å². The predicted octanol–water partition coefficient (Wildman–Crippen LogP) is 1.74. The lowest BCUT2D eigenvalue weighted by Crippen LogP contribution is -2.33. The molecule has 0 saturated carbocycles. The quantitative estimate of drug-likeness (QED) is 0.850. The van der Waals surface area contributed by atoms with Crippen LogP contribution in [0.3, 0.4) is 0 Å². The summed E-state index contributed by atoms with van der Waals surface area (Å²) in [5.74, 6) is 1.38. The monoisotopic (exact) mass is 237 g/mol. The third-order valence-corrected chi connectivity index (χ3v) is 3.52. The van der Waals surface area contributed by atoms with Crippen LogP contribution in [-0.2, 0) is 0 Å². The smallest absolute Gasteiger partial charge is 0.161 e. The normalized spacial score (nSPS) is 24.3. The Morgan fingerprint density at radius 2 is 1.71 bits per heavy atom. The number of hydrogen-bond acceptors (Lipinski definition) is 4. The first kappa shape index (κ1) is 12.2. The minimum atomic E-state index is -0.467. The fourth-order valence-electron chi connectivity index (χ4n) is 2.33. The van der Waals surface area contributed by atoms with Crippen LogP contribution in [0.25, 0.3) is 0 Å². The molecule has 0 unspecified atom stereocenters. The molecule has 1 aliphatic rings. The lowest BCUT2D eigenvalue weighted by Gasteiger charge is -2.35. The van der Waals surface area contributed by atoms with Crippen LogP contribution in [-0.4, -0.2) is 37.8 Å². The molecule has 0 spiro atoms. The topological polar surface area (TPSA) is 41.9 Å². The number of benzene rings is 1. The van der Waals surface area contributed by atoms with Crippen molar-refractivity contribution in [2.45, 2.75) is 19.1 Å². The SMILES string of the molecule is COc1cc2c(cc1OC)[C@@H](O)CN(C)[C@@H]2C. The van der Waals surface area contributed by atoms with Crippen molar-refractivity contribution in [1.29, 1.82) is 0 Å². The number of nitrogens with zero attached hydrogens (tertiary/aromatic N) is 1. The van der Waals surface area contributed by atoms with Crippen LogP contribution < -0.4 is 9.47 Å². The molecular weight excluding hydrogens is 218 g/mol. The fourth-order valence-corrected chi connectivity index (χ4v) is 2.33. The van der Waals surface area contributed by atoms with Crippen molar-refractivity contribution >= 4 is 0 Å². The molecule has 0 fully saturated rings. The maximum Gasteiger partial charge on any atom is 0.161 e. The van der Waals surface area contributed by atoms with E-state index >= 15 is 0 Å². The third-order valence-electron chi connectivity index (χ3n) is 3.52. The highest BCUT2D eigenvalue weighted by Crippen LogP contribution is 2.40. The van der Waals surface area contributed by atoms with Crippen LogP contribution in [0.4, 0.5) is 0 Å². The van der Waals surface area contributed by atoms with Gasteiger partial charge in [-0.25, -0.2) is 0 Å². The summed E-state index contributed by atoms with van der Waals surface area (Å²) in [6.07, 6.45) is -0.467. The second-order valence-corrected chi connectivity index (χ2v) is 4.47. The van der Waals surface area contributed by atoms with Gasteiger partial charge in [-0.15, -0.1) is 0 Å². The van der Waals surface area contributed by atoms with Gasteiger partial charge in [-0.2, -0.15) is 0 Å². The molecule has 0 aromatic heterocycles. The predicted molar refractivity (Wildman–Crippen MR) is 65.6 cm³/mol. The van der Waals surface area contributed by atoms with Crippen LogP contribution in [0.1, 0.15) is 30.2 Å². The summed E-state index contributed by atoms with van der Waals surface area (Å²) in [7, 11) is 5.24. The zero-order valence-corrected chi connectivity index (χ0v) is 10.7. The summed E-state index contributed by atoms with van der Waals surface area (Å²) < 4.78 is 10.6. The van der Waals surface area contributed by atoms with E-state index in [0.717, 1.165) is 11.1 Å². The van der Waals surface area contributed by atoms with Gasteiger partial charge in [0.05, 0.1) is 20.3 Å². The maximum absolute atomic E-state index is 10.1. The van der Waals surface area contributed by atoms with Gasteiger partial charge in [0.15, 0.2) is 11.5 Å². The van der Waals surface area contributed by atoms with Crippen LogP contribution in [0.15, 0.2) is 12.1 Å². The van der Waals surface area contributed by atoms with Crippen molar-refractivity contribution in [3.63, 3.8) is 0 Å². The zero-order valence-electron chi connectivity index (χ0n) is 10.7. The molecule has 4 nitrogen and oxygen atoms in total. The molecule has 1 aliphatic heterocycles. The summed E-state index contributed by atoms with van der Waals surface area (Å²) in [4.78, 5) is 2.12. The molecule has 0 radical (unpaired) electrons. The molecule has 0 saturated heterocycles. The molecular formula is C13H19NO3. The molecule has 2 rings (SSSR count). The van der Waals surface area contributed by atoms with Gasteiger partial charge in [-0.1, -0.05) is 0 Å². The first-order valence-corrected chi connectivity index (χ1v) is 5.72. The molecule has 1 aromatic carbocycles. The molecule has 1 heterocycles.